The molecule has 2 aliphatic heterocycles. The number of ether oxygens (including phenoxy) is 1. The van der Waals surface area contributed by atoms with Crippen molar-refractivity contribution in [3.63, 3.8) is 0 Å². The van der Waals surface area contributed by atoms with Crippen LogP contribution < -0.4 is 26.4 Å². The Morgan fingerprint density at radius 3 is 2.61 bits per heavy atom. The van der Waals surface area contributed by atoms with Crippen LogP contribution in [0.5, 0.6) is 5.75 Å². The number of hydrazine groups is 1. The normalized spacial score (nSPS) is 17.0. The summed E-state index contributed by atoms with van der Waals surface area (Å²) in [6.07, 6.45) is 8.68. The number of likely N-dealkylation sites (N-methyl/N-ethyl adjacent to an activating group) is 1. The Morgan fingerprint density at radius 1 is 1.13 bits per heavy atom. The zero-order chi connectivity index (χ0) is 32.4. The fourth-order valence-corrected chi connectivity index (χ4v) is 5.90. The lowest BCUT2D eigenvalue weighted by Crippen LogP contribution is -2.37. The Balaban J connectivity index is 1.33. The molecule has 1 aromatic carbocycles. The molecule has 5 heterocycles. The molecule has 0 amide bonds. The van der Waals surface area contributed by atoms with Gasteiger partial charge >= 0.3 is 0 Å². The summed E-state index contributed by atoms with van der Waals surface area (Å²) in [5.41, 5.74) is 6.39. The van der Waals surface area contributed by atoms with Crippen LogP contribution in [0.4, 0.5) is 11.6 Å². The van der Waals surface area contributed by atoms with Gasteiger partial charge in [0.05, 0.1) is 17.5 Å². The highest BCUT2D eigenvalue weighted by Gasteiger charge is 2.21. The van der Waals surface area contributed by atoms with Gasteiger partial charge in [0.15, 0.2) is 5.82 Å². The van der Waals surface area contributed by atoms with E-state index in [2.05, 4.69) is 31.0 Å². The molecule has 15 heteroatoms. The highest BCUT2D eigenvalue weighted by atomic mass is 32.2. The number of aryl methyl sites for hydroxylation is 1. The van der Waals surface area contributed by atoms with E-state index in [-0.39, 0.29) is 24.8 Å². The Labute approximate surface area is 267 Å². The van der Waals surface area contributed by atoms with Crippen LogP contribution in [0, 0.1) is 6.92 Å². The SMILES string of the molecule is Cc1nc(C2=CCNN2C)ncc1-c1cc2cnc(Nc3ccc(OC4CCCNC4)cc3)nc2n(CCN(C)S(C)(=O)=O)c1=O. The molecule has 0 bridgehead atoms. The minimum absolute atomic E-state index is 0.0734. The second kappa shape index (κ2) is 13.1. The van der Waals surface area contributed by atoms with E-state index in [0.717, 1.165) is 49.3 Å². The van der Waals surface area contributed by atoms with E-state index in [1.54, 1.807) is 18.5 Å². The molecule has 0 radical (unpaired) electrons. The van der Waals surface area contributed by atoms with Crippen LogP contribution in [0.2, 0.25) is 0 Å². The molecule has 242 valence electrons. The number of hydrogen-bond acceptors (Lipinski definition) is 12. The van der Waals surface area contributed by atoms with Crippen molar-refractivity contribution in [3.8, 4) is 16.9 Å². The summed E-state index contributed by atoms with van der Waals surface area (Å²) in [5.74, 6) is 1.63. The van der Waals surface area contributed by atoms with Gasteiger partial charge in [0, 0.05) is 75.0 Å². The van der Waals surface area contributed by atoms with Crippen molar-refractivity contribution in [1.82, 2.24) is 44.6 Å². The Kier molecular flexibility index (Phi) is 8.99. The zero-order valence-electron chi connectivity index (χ0n) is 26.3. The predicted octanol–water partition coefficient (Wildman–Crippen LogP) is 2.11. The van der Waals surface area contributed by atoms with E-state index in [1.807, 2.05) is 49.3 Å². The molecule has 0 spiro atoms. The van der Waals surface area contributed by atoms with Gasteiger partial charge < -0.3 is 20.4 Å². The van der Waals surface area contributed by atoms with Crippen LogP contribution in [-0.4, -0.2) is 94.9 Å². The molecular formula is C31H38N10O4S. The van der Waals surface area contributed by atoms with E-state index in [1.165, 1.54) is 15.9 Å². The zero-order valence-corrected chi connectivity index (χ0v) is 27.1. The maximum absolute atomic E-state index is 14.1. The number of fused-ring (bicyclic) bond motifs is 1. The number of pyridine rings is 1. The molecule has 0 aliphatic carbocycles. The summed E-state index contributed by atoms with van der Waals surface area (Å²) in [5, 5.41) is 9.03. The Bertz CT molecular complexity index is 1940. The summed E-state index contributed by atoms with van der Waals surface area (Å²) in [6.45, 7) is 4.52. The Hall–Kier alpha value is -4.44. The number of nitrogens with zero attached hydrogens (tertiary/aromatic N) is 7. The number of aromatic nitrogens is 5. The first-order chi connectivity index (χ1) is 22.1. The van der Waals surface area contributed by atoms with Crippen molar-refractivity contribution in [1.29, 1.82) is 0 Å². The van der Waals surface area contributed by atoms with Crippen molar-refractivity contribution in [3.05, 3.63) is 70.7 Å². The van der Waals surface area contributed by atoms with Crippen molar-refractivity contribution >= 4 is 38.4 Å². The van der Waals surface area contributed by atoms with Gasteiger partial charge in [0.1, 0.15) is 17.5 Å². The molecule has 1 saturated heterocycles. The number of sulfonamides is 1. The third-order valence-corrected chi connectivity index (χ3v) is 9.50. The van der Waals surface area contributed by atoms with E-state index in [9.17, 15) is 13.2 Å². The summed E-state index contributed by atoms with van der Waals surface area (Å²) in [7, 11) is -0.0914. The van der Waals surface area contributed by atoms with Gasteiger partial charge in [-0.15, -0.1) is 0 Å². The van der Waals surface area contributed by atoms with Gasteiger partial charge in [-0.3, -0.25) is 9.36 Å². The summed E-state index contributed by atoms with van der Waals surface area (Å²) in [4.78, 5) is 32.5. The molecule has 6 rings (SSSR count). The number of anilines is 2. The number of nitrogens with one attached hydrogen (secondary N) is 3. The van der Waals surface area contributed by atoms with Crippen LogP contribution in [0.25, 0.3) is 27.9 Å². The van der Waals surface area contributed by atoms with E-state index in [0.29, 0.717) is 46.2 Å². The third-order valence-electron chi connectivity index (χ3n) is 8.18. The largest absolute Gasteiger partial charge is 0.489 e. The molecule has 14 nitrogen and oxygen atoms in total. The smallest absolute Gasteiger partial charge is 0.260 e. The molecule has 1 unspecified atom stereocenters. The quantitative estimate of drug-likeness (QED) is 0.231. The molecule has 0 saturated carbocycles. The number of rotatable bonds is 10. The maximum atomic E-state index is 14.1. The predicted molar refractivity (Wildman–Crippen MR) is 177 cm³/mol. The molecule has 1 atom stereocenters. The van der Waals surface area contributed by atoms with Crippen molar-refractivity contribution < 1.29 is 13.2 Å². The van der Waals surface area contributed by atoms with Gasteiger partial charge in [0.2, 0.25) is 16.0 Å². The van der Waals surface area contributed by atoms with E-state index < -0.39 is 10.0 Å². The minimum Gasteiger partial charge on any atom is -0.489 e. The molecule has 46 heavy (non-hydrogen) atoms. The molecule has 4 aromatic rings. The lowest BCUT2D eigenvalue weighted by atomic mass is 10.1. The first kappa shape index (κ1) is 31.5. The average molecular weight is 647 g/mol. The second-order valence-electron chi connectivity index (χ2n) is 11.5. The van der Waals surface area contributed by atoms with Gasteiger partial charge in [0.25, 0.3) is 5.56 Å². The van der Waals surface area contributed by atoms with E-state index >= 15 is 0 Å². The van der Waals surface area contributed by atoms with Crippen LogP contribution in [-0.2, 0) is 16.6 Å². The number of piperidine rings is 1. The Morgan fingerprint density at radius 2 is 1.93 bits per heavy atom. The highest BCUT2D eigenvalue weighted by Crippen LogP contribution is 2.26. The summed E-state index contributed by atoms with van der Waals surface area (Å²) in [6, 6.07) is 9.30. The van der Waals surface area contributed by atoms with Crippen molar-refractivity contribution in [2.75, 3.05) is 51.8 Å². The summed E-state index contributed by atoms with van der Waals surface area (Å²) < 4.78 is 33.1. The lowest BCUT2D eigenvalue weighted by molar-refractivity contribution is 0.167. The molecule has 1 fully saturated rings. The number of benzene rings is 1. The minimum atomic E-state index is -3.46. The standard InChI is InChI=1S/C31H38N10O4S/c1-20-26(19-33-28(36-20)27-11-13-35-40(27)3)25-16-21-17-34-31(38-29(21)41(30(25)42)15-14-39(2)46(4,43)44)37-22-7-9-23(10-8-22)45-24-6-5-12-32-18-24/h7-11,16-17,19,24,32,35H,5-6,12-15,18H2,1-4H3,(H,34,37,38). The first-order valence-electron chi connectivity index (χ1n) is 15.1. The van der Waals surface area contributed by atoms with Crippen LogP contribution in [0.15, 0.2) is 53.6 Å². The molecule has 3 N–H and O–H groups in total. The fraction of sp³-hybridized carbons (Fsp3) is 0.387. The van der Waals surface area contributed by atoms with Crippen molar-refractivity contribution in [2.24, 2.45) is 0 Å². The fourth-order valence-electron chi connectivity index (χ4n) is 5.48. The molecular weight excluding hydrogens is 608 g/mol. The lowest BCUT2D eigenvalue weighted by Gasteiger charge is -2.24. The second-order valence-corrected chi connectivity index (χ2v) is 13.6. The van der Waals surface area contributed by atoms with Gasteiger partial charge in [-0.1, -0.05) is 0 Å². The average Bonchev–Trinajstić information content (AvgIpc) is 3.47. The van der Waals surface area contributed by atoms with Crippen LogP contribution in [0.1, 0.15) is 24.4 Å². The maximum Gasteiger partial charge on any atom is 0.260 e. The highest BCUT2D eigenvalue weighted by molar-refractivity contribution is 7.88. The topological polar surface area (TPSA) is 160 Å². The molecule has 2 aliphatic rings. The van der Waals surface area contributed by atoms with Gasteiger partial charge in [-0.25, -0.2) is 33.1 Å². The number of hydrogen-bond donors (Lipinski definition) is 3. The first-order valence-corrected chi connectivity index (χ1v) is 17.0. The van der Waals surface area contributed by atoms with Gasteiger partial charge in [-0.2, -0.15) is 4.98 Å². The van der Waals surface area contributed by atoms with Crippen molar-refractivity contribution in [2.45, 2.75) is 32.4 Å². The molecule has 3 aromatic heterocycles. The third kappa shape index (κ3) is 6.87. The van der Waals surface area contributed by atoms with Crippen LogP contribution >= 0.6 is 0 Å². The summed E-state index contributed by atoms with van der Waals surface area (Å²) >= 11 is 0. The van der Waals surface area contributed by atoms with Gasteiger partial charge in [-0.05, 0) is 62.7 Å². The monoisotopic (exact) mass is 646 g/mol. The van der Waals surface area contributed by atoms with Crippen LogP contribution in [0.3, 0.4) is 0 Å². The van der Waals surface area contributed by atoms with E-state index in [4.69, 9.17) is 9.72 Å².